The van der Waals surface area contributed by atoms with E-state index in [0.29, 0.717) is 12.6 Å². The Hall–Kier alpha value is -1.88. The van der Waals surface area contributed by atoms with Gasteiger partial charge in [-0.25, -0.2) is 0 Å². The van der Waals surface area contributed by atoms with Crippen molar-refractivity contribution in [3.05, 3.63) is 42.0 Å². The van der Waals surface area contributed by atoms with E-state index in [4.69, 9.17) is 4.74 Å². The molecular weight excluding hydrogens is 252 g/mol. The zero-order chi connectivity index (χ0) is 14.4. The fourth-order valence-electron chi connectivity index (χ4n) is 1.75. The van der Waals surface area contributed by atoms with E-state index in [9.17, 15) is 0 Å². The van der Waals surface area contributed by atoms with Crippen molar-refractivity contribution in [2.45, 2.75) is 40.0 Å². The molecule has 2 aromatic rings. The van der Waals surface area contributed by atoms with Crippen molar-refractivity contribution in [2.24, 2.45) is 0 Å². The standard InChI is InChI=1S/C15H22N4O/c1-4-16-7-13-5-6-14(17-8-13)11-20-15-9-18-19(10-15)12(2)3/h5-6,8-10,12,16H,4,7,11H2,1-3H3. The van der Waals surface area contributed by atoms with E-state index in [1.165, 1.54) is 5.56 Å². The van der Waals surface area contributed by atoms with Crippen LogP contribution in [-0.4, -0.2) is 21.3 Å². The van der Waals surface area contributed by atoms with Gasteiger partial charge in [-0.15, -0.1) is 0 Å². The summed E-state index contributed by atoms with van der Waals surface area (Å²) in [6.45, 7) is 8.54. The number of rotatable bonds is 7. The number of aromatic nitrogens is 3. The number of hydrogen-bond acceptors (Lipinski definition) is 4. The molecule has 0 aromatic carbocycles. The Morgan fingerprint density at radius 2 is 2.15 bits per heavy atom. The first-order chi connectivity index (χ1) is 9.69. The average Bonchev–Trinajstić information content (AvgIpc) is 2.93. The first kappa shape index (κ1) is 14.5. The van der Waals surface area contributed by atoms with Gasteiger partial charge < -0.3 is 10.1 Å². The third kappa shape index (κ3) is 4.06. The van der Waals surface area contributed by atoms with Crippen LogP contribution in [0.15, 0.2) is 30.7 Å². The van der Waals surface area contributed by atoms with Crippen LogP contribution in [0.5, 0.6) is 5.75 Å². The van der Waals surface area contributed by atoms with Crippen molar-refractivity contribution >= 4 is 0 Å². The van der Waals surface area contributed by atoms with E-state index in [-0.39, 0.29) is 0 Å². The number of ether oxygens (including phenoxy) is 1. The zero-order valence-corrected chi connectivity index (χ0v) is 12.3. The molecular formula is C15H22N4O. The maximum atomic E-state index is 5.68. The van der Waals surface area contributed by atoms with Crippen LogP contribution in [0, 0.1) is 0 Å². The normalized spacial score (nSPS) is 11.0. The lowest BCUT2D eigenvalue weighted by molar-refractivity contribution is 0.300. The summed E-state index contributed by atoms with van der Waals surface area (Å²) in [5.74, 6) is 0.775. The van der Waals surface area contributed by atoms with Gasteiger partial charge in [-0.05, 0) is 32.0 Å². The van der Waals surface area contributed by atoms with E-state index in [1.807, 2.05) is 23.1 Å². The van der Waals surface area contributed by atoms with Crippen LogP contribution >= 0.6 is 0 Å². The molecule has 108 valence electrons. The first-order valence-electron chi connectivity index (χ1n) is 7.00. The topological polar surface area (TPSA) is 52.0 Å². The maximum absolute atomic E-state index is 5.68. The summed E-state index contributed by atoms with van der Waals surface area (Å²) in [5.41, 5.74) is 2.10. The minimum atomic E-state index is 0.343. The Balaban J connectivity index is 1.86. The molecule has 5 heteroatoms. The van der Waals surface area contributed by atoms with E-state index in [1.54, 1.807) is 6.20 Å². The van der Waals surface area contributed by atoms with Gasteiger partial charge in [0.25, 0.3) is 0 Å². The van der Waals surface area contributed by atoms with Gasteiger partial charge in [-0.1, -0.05) is 13.0 Å². The molecule has 0 radical (unpaired) electrons. The molecule has 0 aliphatic heterocycles. The average molecular weight is 274 g/mol. The van der Waals surface area contributed by atoms with Crippen molar-refractivity contribution in [1.82, 2.24) is 20.1 Å². The van der Waals surface area contributed by atoms with Gasteiger partial charge in [0.05, 0.1) is 18.1 Å². The van der Waals surface area contributed by atoms with Crippen LogP contribution in [0.2, 0.25) is 0 Å². The number of nitrogens with zero attached hydrogens (tertiary/aromatic N) is 3. The monoisotopic (exact) mass is 274 g/mol. The van der Waals surface area contributed by atoms with Gasteiger partial charge in [0.2, 0.25) is 0 Å². The van der Waals surface area contributed by atoms with Gasteiger partial charge in [-0.3, -0.25) is 9.67 Å². The predicted molar refractivity (Wildman–Crippen MR) is 78.6 cm³/mol. The fraction of sp³-hybridized carbons (Fsp3) is 0.467. The lowest BCUT2D eigenvalue weighted by Gasteiger charge is -2.05. The van der Waals surface area contributed by atoms with Crippen molar-refractivity contribution in [3.63, 3.8) is 0 Å². The molecule has 0 spiro atoms. The number of nitrogens with one attached hydrogen (secondary N) is 1. The maximum Gasteiger partial charge on any atom is 0.157 e. The van der Waals surface area contributed by atoms with Crippen LogP contribution in [0.1, 0.15) is 38.1 Å². The van der Waals surface area contributed by atoms with Crippen LogP contribution in [0.25, 0.3) is 0 Å². The second kappa shape index (κ2) is 7.05. The summed E-state index contributed by atoms with van der Waals surface area (Å²) < 4.78 is 7.56. The van der Waals surface area contributed by atoms with Crippen LogP contribution in [0.4, 0.5) is 0 Å². The Bertz CT molecular complexity index is 519. The molecule has 0 saturated carbocycles. The molecule has 5 nitrogen and oxygen atoms in total. The fourth-order valence-corrected chi connectivity index (χ4v) is 1.75. The number of hydrogen-bond donors (Lipinski definition) is 1. The Kier molecular flexibility index (Phi) is 5.12. The number of pyridine rings is 1. The van der Waals surface area contributed by atoms with Crippen molar-refractivity contribution < 1.29 is 4.74 Å². The largest absolute Gasteiger partial charge is 0.484 e. The quantitative estimate of drug-likeness (QED) is 0.843. The predicted octanol–water partition coefficient (Wildman–Crippen LogP) is 2.55. The van der Waals surface area contributed by atoms with Crippen LogP contribution in [-0.2, 0) is 13.2 Å². The highest BCUT2D eigenvalue weighted by molar-refractivity contribution is 5.16. The second-order valence-corrected chi connectivity index (χ2v) is 4.98. The van der Waals surface area contributed by atoms with Gasteiger partial charge in [0.15, 0.2) is 5.75 Å². The van der Waals surface area contributed by atoms with E-state index in [2.05, 4.69) is 42.2 Å². The first-order valence-corrected chi connectivity index (χ1v) is 7.00. The SMILES string of the molecule is CCNCc1ccc(COc2cnn(C(C)C)c2)nc1. The summed E-state index contributed by atoms with van der Waals surface area (Å²) in [4.78, 5) is 4.40. The minimum Gasteiger partial charge on any atom is -0.484 e. The lowest BCUT2D eigenvalue weighted by atomic mass is 10.2. The van der Waals surface area contributed by atoms with E-state index >= 15 is 0 Å². The van der Waals surface area contributed by atoms with E-state index < -0.39 is 0 Å². The van der Waals surface area contributed by atoms with Gasteiger partial charge in [-0.2, -0.15) is 5.10 Å². The highest BCUT2D eigenvalue weighted by atomic mass is 16.5. The molecule has 0 aliphatic rings. The molecule has 0 fully saturated rings. The van der Waals surface area contributed by atoms with Crippen LogP contribution < -0.4 is 10.1 Å². The second-order valence-electron chi connectivity index (χ2n) is 4.98. The third-order valence-electron chi connectivity index (χ3n) is 2.96. The summed E-state index contributed by atoms with van der Waals surface area (Å²) in [6.07, 6.45) is 5.53. The van der Waals surface area contributed by atoms with Gasteiger partial charge in [0.1, 0.15) is 6.61 Å². The summed E-state index contributed by atoms with van der Waals surface area (Å²) in [7, 11) is 0. The Morgan fingerprint density at radius 1 is 1.30 bits per heavy atom. The Morgan fingerprint density at radius 3 is 2.75 bits per heavy atom. The molecule has 2 rings (SSSR count). The molecule has 2 heterocycles. The molecule has 0 atom stereocenters. The molecule has 0 aliphatic carbocycles. The van der Waals surface area contributed by atoms with Crippen molar-refractivity contribution in [1.29, 1.82) is 0 Å². The highest BCUT2D eigenvalue weighted by Crippen LogP contribution is 2.13. The summed E-state index contributed by atoms with van der Waals surface area (Å²) >= 11 is 0. The highest BCUT2D eigenvalue weighted by Gasteiger charge is 2.03. The Labute approximate surface area is 120 Å². The molecule has 1 N–H and O–H groups in total. The van der Waals surface area contributed by atoms with Crippen molar-refractivity contribution in [3.8, 4) is 5.75 Å². The molecule has 2 aromatic heterocycles. The summed E-state index contributed by atoms with van der Waals surface area (Å²) in [6, 6.07) is 4.42. The molecule has 0 amide bonds. The zero-order valence-electron chi connectivity index (χ0n) is 12.3. The van der Waals surface area contributed by atoms with Crippen molar-refractivity contribution in [2.75, 3.05) is 6.54 Å². The van der Waals surface area contributed by atoms with Gasteiger partial charge in [0, 0.05) is 18.8 Å². The molecule has 0 saturated heterocycles. The molecule has 0 unspecified atom stereocenters. The summed E-state index contributed by atoms with van der Waals surface area (Å²) in [5, 5.41) is 7.51. The molecule has 20 heavy (non-hydrogen) atoms. The van der Waals surface area contributed by atoms with Gasteiger partial charge >= 0.3 is 0 Å². The lowest BCUT2D eigenvalue weighted by Crippen LogP contribution is -2.12. The smallest absolute Gasteiger partial charge is 0.157 e. The minimum absolute atomic E-state index is 0.343. The van der Waals surface area contributed by atoms with Crippen LogP contribution in [0.3, 0.4) is 0 Å². The third-order valence-corrected chi connectivity index (χ3v) is 2.96. The molecule has 0 bridgehead atoms. The van der Waals surface area contributed by atoms with E-state index in [0.717, 1.165) is 24.5 Å².